The number of fused-ring (bicyclic) bond motifs is 1. The van der Waals surface area contributed by atoms with Gasteiger partial charge in [-0.15, -0.1) is 0 Å². The molecule has 0 saturated carbocycles. The number of H-pyrrole nitrogens is 1. The third kappa shape index (κ3) is 21.9. The number of aromatic amines is 1. The summed E-state index contributed by atoms with van der Waals surface area (Å²) in [5.41, 5.74) is 7.47. The molecule has 0 aliphatic carbocycles. The lowest BCUT2D eigenvalue weighted by Gasteiger charge is -2.25. The number of hydrogen-bond acceptors (Lipinski definition) is 18. The third-order valence-corrected chi connectivity index (χ3v) is 13.6. The van der Waals surface area contributed by atoms with Crippen LogP contribution in [-0.2, 0) is 60.8 Å². The maximum atomic E-state index is 14.1. The Morgan fingerprint density at radius 2 is 1.45 bits per heavy atom. The molecular formula is C62H71F3N12O15. The molecule has 2 atom stereocenters. The zero-order valence-corrected chi connectivity index (χ0v) is 50.3. The number of anilines is 2. The van der Waals surface area contributed by atoms with E-state index in [1.54, 1.807) is 68.4 Å². The van der Waals surface area contributed by atoms with E-state index in [-0.39, 0.29) is 122 Å². The van der Waals surface area contributed by atoms with Crippen LogP contribution in [0.3, 0.4) is 0 Å². The second kappa shape index (κ2) is 35.4. The standard InChI is InChI=1S/C62H71F3N12O15/c1-37(2)54(76-51(78)18-22-87-25-27-89-29-30-90-28-26-88-24-21-77-52(79)16-17-53(77)80)59(82)73-49(7-4-19-67-61(66)85)58(81)71-41-11-8-38(9-12-41)36-92-62(86)68-20-23-91-43-32-40-31-39(10-15-46(40)70-34-43)55-56(47-5-3-6-48(72-47)57(64)65)75-50(74-55)35-69-42-13-14-45(63)44(33-42)60(83)84/h3,5-6,8-17,31-34,37,49,54,57,69H,4,7,18-30,35-36H2,1-2H3,(H,68,86)(H,71,81)(H,73,82)(H,74,75)(H,76,78)(H,83,84)(H3,66,67,85)/t49-,54?/m0/s1. The number of urea groups is 1. The number of carbonyl (C=O) groups is 8. The number of nitrogens with two attached hydrogens (primary N) is 1. The molecule has 10 N–H and O–H groups in total. The second-order valence-corrected chi connectivity index (χ2v) is 20.8. The SMILES string of the molecule is CC(C)C(NC(=O)CCOCCOCCOCCOCCN1C(=O)C=CC1=O)C(=O)N[C@@H](CCCNC(N)=O)C(=O)Nc1ccc(COC(=O)NCCOc2cnc3ccc(-c4nc(CNc5ccc(F)c(C(=O)O)c5)[nH]c4-c4cccc(C(F)F)n4)cc3c2)cc1. The smallest absolute Gasteiger partial charge is 0.407 e. The summed E-state index contributed by atoms with van der Waals surface area (Å²) in [7, 11) is 0. The molecular weight excluding hydrogens is 1210 g/mol. The monoisotopic (exact) mass is 1280 g/mol. The fraction of sp³-hybridized carbons (Fsp3) is 0.371. The van der Waals surface area contributed by atoms with Gasteiger partial charge in [-0.1, -0.05) is 38.1 Å². The van der Waals surface area contributed by atoms with E-state index < -0.39 is 71.4 Å². The fourth-order valence-electron chi connectivity index (χ4n) is 8.93. The summed E-state index contributed by atoms with van der Waals surface area (Å²) < 4.78 is 74.7. The molecule has 0 fully saturated rings. The average molecular weight is 1280 g/mol. The first-order chi connectivity index (χ1) is 44.3. The van der Waals surface area contributed by atoms with Crippen LogP contribution < -0.4 is 42.4 Å². The van der Waals surface area contributed by atoms with E-state index in [1.807, 2.05) is 0 Å². The lowest BCUT2D eigenvalue weighted by atomic mass is 10.0. The number of imidazole rings is 1. The van der Waals surface area contributed by atoms with Crippen LogP contribution in [0, 0.1) is 11.7 Å². The van der Waals surface area contributed by atoms with Gasteiger partial charge in [-0.3, -0.25) is 33.9 Å². The molecule has 7 rings (SSSR count). The number of alkyl halides is 2. The average Bonchev–Trinajstić information content (AvgIpc) is 1.56. The van der Waals surface area contributed by atoms with Crippen molar-refractivity contribution in [2.24, 2.45) is 11.7 Å². The molecule has 1 unspecified atom stereocenters. The van der Waals surface area contributed by atoms with Gasteiger partial charge >= 0.3 is 18.1 Å². The topological polar surface area (TPSA) is 368 Å². The summed E-state index contributed by atoms with van der Waals surface area (Å²) in [5, 5.41) is 26.3. The van der Waals surface area contributed by atoms with Crippen molar-refractivity contribution in [1.82, 2.24) is 46.1 Å². The number of aromatic nitrogens is 4. The van der Waals surface area contributed by atoms with Gasteiger partial charge in [0, 0.05) is 47.4 Å². The van der Waals surface area contributed by atoms with Gasteiger partial charge in [0.15, 0.2) is 0 Å². The number of pyridine rings is 2. The van der Waals surface area contributed by atoms with Crippen molar-refractivity contribution in [3.63, 3.8) is 0 Å². The van der Waals surface area contributed by atoms with Gasteiger partial charge in [0.2, 0.25) is 17.7 Å². The number of halogens is 3. The molecule has 4 heterocycles. The van der Waals surface area contributed by atoms with E-state index in [9.17, 15) is 56.6 Å². The van der Waals surface area contributed by atoms with E-state index in [0.717, 1.165) is 17.0 Å². The molecule has 30 heteroatoms. The summed E-state index contributed by atoms with van der Waals surface area (Å²) in [6.07, 6.45) is 0.635. The summed E-state index contributed by atoms with van der Waals surface area (Å²) in [5.74, 6) is -4.42. The molecule has 0 saturated heterocycles. The number of nitrogens with zero attached hydrogens (tertiary/aromatic N) is 4. The van der Waals surface area contributed by atoms with Gasteiger partial charge in [0.1, 0.15) is 48.4 Å². The number of primary amides is 1. The number of benzene rings is 3. The van der Waals surface area contributed by atoms with E-state index in [0.29, 0.717) is 69.6 Å². The van der Waals surface area contributed by atoms with Crippen LogP contribution in [0.15, 0.2) is 103 Å². The van der Waals surface area contributed by atoms with Gasteiger partial charge in [-0.2, -0.15) is 0 Å². The Bertz CT molecular complexity index is 3540. The number of amides is 8. The van der Waals surface area contributed by atoms with E-state index in [2.05, 4.69) is 46.9 Å². The molecule has 0 bridgehead atoms. The summed E-state index contributed by atoms with van der Waals surface area (Å²) >= 11 is 0. The van der Waals surface area contributed by atoms with Gasteiger partial charge < -0.3 is 76.1 Å². The molecule has 6 aromatic rings. The highest BCUT2D eigenvalue weighted by molar-refractivity contribution is 6.12. The predicted molar refractivity (Wildman–Crippen MR) is 326 cm³/mol. The number of carbonyl (C=O) groups excluding carboxylic acids is 7. The van der Waals surface area contributed by atoms with E-state index in [1.165, 1.54) is 36.5 Å². The fourth-order valence-corrected chi connectivity index (χ4v) is 8.93. The van der Waals surface area contributed by atoms with Crippen molar-refractivity contribution < 1.29 is 85.1 Å². The van der Waals surface area contributed by atoms with Crippen molar-refractivity contribution in [2.45, 2.75) is 64.8 Å². The quantitative estimate of drug-likeness (QED) is 0.0164. The molecule has 8 amide bonds. The van der Waals surface area contributed by atoms with Crippen LogP contribution in [0.4, 0.5) is 34.1 Å². The summed E-state index contributed by atoms with van der Waals surface area (Å²) in [6.45, 7) is 5.51. The van der Waals surface area contributed by atoms with Gasteiger partial charge in [-0.25, -0.2) is 37.5 Å². The number of nitrogens with one attached hydrogen (secondary N) is 7. The molecule has 1 aliphatic rings. The number of alkyl carbamates (subject to hydrolysis) is 1. The molecule has 0 spiro atoms. The van der Waals surface area contributed by atoms with Gasteiger partial charge in [0.05, 0.1) is 107 Å². The molecule has 3 aromatic heterocycles. The van der Waals surface area contributed by atoms with Crippen molar-refractivity contribution in [3.8, 4) is 28.4 Å². The summed E-state index contributed by atoms with van der Waals surface area (Å²) in [6, 6.07) is 18.2. The van der Waals surface area contributed by atoms with Crippen LogP contribution in [0.5, 0.6) is 5.75 Å². The van der Waals surface area contributed by atoms with Crippen LogP contribution >= 0.6 is 0 Å². The Balaban J connectivity index is 0.825. The van der Waals surface area contributed by atoms with Gasteiger partial charge in [-0.05, 0) is 85.0 Å². The summed E-state index contributed by atoms with van der Waals surface area (Å²) in [4.78, 5) is 117. The Kier molecular flexibility index (Phi) is 26.7. The van der Waals surface area contributed by atoms with Crippen molar-refractivity contribution in [2.75, 3.05) is 89.7 Å². The minimum absolute atomic E-state index is 0.00778. The van der Waals surface area contributed by atoms with Crippen LogP contribution in [-0.4, -0.2) is 169 Å². The zero-order valence-electron chi connectivity index (χ0n) is 50.3. The highest BCUT2D eigenvalue weighted by atomic mass is 19.3. The van der Waals surface area contributed by atoms with Crippen LogP contribution in [0.25, 0.3) is 33.5 Å². The number of carboxylic acid groups (broad SMARTS) is 1. The lowest BCUT2D eigenvalue weighted by molar-refractivity contribution is -0.137. The second-order valence-electron chi connectivity index (χ2n) is 20.8. The molecule has 27 nitrogen and oxygen atoms in total. The molecule has 490 valence electrons. The highest BCUT2D eigenvalue weighted by Crippen LogP contribution is 2.33. The maximum Gasteiger partial charge on any atom is 0.407 e. The molecule has 1 aliphatic heterocycles. The Morgan fingerprint density at radius 1 is 0.750 bits per heavy atom. The highest BCUT2D eigenvalue weighted by Gasteiger charge is 2.29. The predicted octanol–water partition coefficient (Wildman–Crippen LogP) is 5.77. The number of aromatic carboxylic acids is 1. The van der Waals surface area contributed by atoms with Crippen molar-refractivity contribution >= 4 is 69.9 Å². The Morgan fingerprint density at radius 3 is 2.13 bits per heavy atom. The molecule has 92 heavy (non-hydrogen) atoms. The first kappa shape index (κ1) is 69.4. The van der Waals surface area contributed by atoms with E-state index >= 15 is 0 Å². The Hall–Kier alpha value is -10.0. The lowest BCUT2D eigenvalue weighted by Crippen LogP contribution is -2.54. The molecule has 0 radical (unpaired) electrons. The third-order valence-electron chi connectivity index (χ3n) is 13.6. The maximum absolute atomic E-state index is 14.1. The van der Waals surface area contributed by atoms with Crippen molar-refractivity contribution in [3.05, 3.63) is 132 Å². The Labute approximate surface area is 525 Å². The van der Waals surface area contributed by atoms with Crippen LogP contribution in [0.2, 0.25) is 0 Å². The molecule has 3 aromatic carbocycles. The largest absolute Gasteiger partial charge is 0.490 e. The number of imide groups is 1. The first-order valence-electron chi connectivity index (χ1n) is 29.2. The number of ether oxygens (including phenoxy) is 6. The van der Waals surface area contributed by atoms with Crippen LogP contribution in [0.1, 0.15) is 67.0 Å². The minimum atomic E-state index is -2.84. The number of carboxylic acids is 1. The minimum Gasteiger partial charge on any atom is -0.490 e. The van der Waals surface area contributed by atoms with Crippen molar-refractivity contribution in [1.29, 1.82) is 0 Å². The first-order valence-corrected chi connectivity index (χ1v) is 29.2. The van der Waals surface area contributed by atoms with Gasteiger partial charge in [0.25, 0.3) is 18.2 Å². The zero-order chi connectivity index (χ0) is 65.9. The van der Waals surface area contributed by atoms with E-state index in [4.69, 9.17) is 39.1 Å². The number of rotatable bonds is 38. The number of hydrogen-bond donors (Lipinski definition) is 9. The normalized spacial score (nSPS) is 12.7.